The van der Waals surface area contributed by atoms with Crippen LogP contribution >= 0.6 is 36.2 Å². The Labute approximate surface area is 140 Å². The van der Waals surface area contributed by atoms with Crippen molar-refractivity contribution in [1.29, 1.82) is 0 Å². The highest BCUT2D eigenvalue weighted by Gasteiger charge is 2.11. The Hall–Kier alpha value is -1.21. The molecule has 0 saturated carbocycles. The predicted molar refractivity (Wildman–Crippen MR) is 90.5 cm³/mol. The first-order valence-corrected chi connectivity index (χ1v) is 6.98. The van der Waals surface area contributed by atoms with E-state index in [1.807, 2.05) is 18.2 Å². The van der Waals surface area contributed by atoms with Crippen LogP contribution in [0.5, 0.6) is 0 Å². The van der Waals surface area contributed by atoms with E-state index >= 15 is 0 Å². The van der Waals surface area contributed by atoms with Gasteiger partial charge in [-0.3, -0.25) is 9.78 Å². The molecule has 0 aliphatic carbocycles. The van der Waals surface area contributed by atoms with Crippen LogP contribution in [0.1, 0.15) is 22.5 Å². The molecule has 0 spiro atoms. The molecule has 0 saturated heterocycles. The van der Waals surface area contributed by atoms with Crippen LogP contribution in [0.25, 0.3) is 10.7 Å². The number of halogens is 2. The topological polar surface area (TPSA) is 80.9 Å². The summed E-state index contributed by atoms with van der Waals surface area (Å²) in [4.78, 5) is 20.9. The lowest BCUT2D eigenvalue weighted by atomic mass is 10.3. The molecule has 5 nitrogen and oxygen atoms in total. The van der Waals surface area contributed by atoms with E-state index in [9.17, 15) is 4.79 Å². The number of carbonyl (C=O) groups excluding carboxylic acids is 1. The number of hydrogen-bond acceptors (Lipinski definition) is 5. The zero-order valence-corrected chi connectivity index (χ0v) is 13.8. The van der Waals surface area contributed by atoms with Gasteiger partial charge in [-0.1, -0.05) is 6.07 Å². The summed E-state index contributed by atoms with van der Waals surface area (Å²) in [5.41, 5.74) is 6.18. The van der Waals surface area contributed by atoms with E-state index in [2.05, 4.69) is 15.3 Å². The molecule has 0 radical (unpaired) electrons. The van der Waals surface area contributed by atoms with Crippen LogP contribution in [0, 0.1) is 0 Å². The fraction of sp³-hybridized carbons (Fsp3) is 0.308. The molecule has 0 atom stereocenters. The molecule has 2 aromatic rings. The van der Waals surface area contributed by atoms with Gasteiger partial charge in [0.15, 0.2) is 0 Å². The molecule has 0 fully saturated rings. The highest BCUT2D eigenvalue weighted by Crippen LogP contribution is 2.22. The van der Waals surface area contributed by atoms with Gasteiger partial charge in [0.05, 0.1) is 11.9 Å². The summed E-state index contributed by atoms with van der Waals surface area (Å²) in [6, 6.07) is 5.63. The number of nitrogens with two attached hydrogens (primary N) is 1. The lowest BCUT2D eigenvalue weighted by Crippen LogP contribution is -2.23. The summed E-state index contributed by atoms with van der Waals surface area (Å²) in [5.74, 6) is -0.0864. The van der Waals surface area contributed by atoms with E-state index in [0.29, 0.717) is 18.0 Å². The number of nitrogens with one attached hydrogen (secondary N) is 1. The van der Waals surface area contributed by atoms with E-state index in [1.165, 1.54) is 11.3 Å². The van der Waals surface area contributed by atoms with Gasteiger partial charge in [0.2, 0.25) is 0 Å². The van der Waals surface area contributed by atoms with Crippen molar-refractivity contribution < 1.29 is 4.79 Å². The van der Waals surface area contributed by atoms with Gasteiger partial charge in [-0.05, 0) is 31.5 Å². The molecule has 0 aromatic carbocycles. The highest BCUT2D eigenvalue weighted by atomic mass is 35.5. The molecule has 21 heavy (non-hydrogen) atoms. The average molecular weight is 349 g/mol. The minimum atomic E-state index is -0.0864. The fourth-order valence-corrected chi connectivity index (χ4v) is 2.35. The first kappa shape index (κ1) is 19.8. The van der Waals surface area contributed by atoms with Gasteiger partial charge < -0.3 is 11.1 Å². The van der Waals surface area contributed by atoms with Gasteiger partial charge >= 0.3 is 0 Å². The van der Waals surface area contributed by atoms with Gasteiger partial charge in [-0.25, -0.2) is 4.98 Å². The number of carbonyl (C=O) groups is 1. The number of nitrogens with zero attached hydrogens (tertiary/aromatic N) is 2. The van der Waals surface area contributed by atoms with Gasteiger partial charge in [0.25, 0.3) is 5.91 Å². The molecule has 116 valence electrons. The maximum atomic E-state index is 11.9. The summed E-state index contributed by atoms with van der Waals surface area (Å²) >= 11 is 1.35. The second-order valence-electron chi connectivity index (χ2n) is 4.00. The fourth-order valence-electron chi connectivity index (χ4n) is 1.55. The number of rotatable bonds is 6. The van der Waals surface area contributed by atoms with Crippen LogP contribution in [0.3, 0.4) is 0 Å². The maximum absolute atomic E-state index is 11.9. The van der Waals surface area contributed by atoms with E-state index < -0.39 is 0 Å². The molecule has 1 amide bonds. The Bertz CT molecular complexity index is 536. The van der Waals surface area contributed by atoms with Gasteiger partial charge in [0.1, 0.15) is 9.88 Å². The molecular formula is C13H18Cl2N4OS. The SMILES string of the molecule is Cl.Cl.NCCCCNC(=O)c1cnc(-c2ccccn2)s1. The molecule has 0 unspecified atom stereocenters. The largest absolute Gasteiger partial charge is 0.351 e. The second-order valence-corrected chi connectivity index (χ2v) is 5.03. The number of thiazole rings is 1. The summed E-state index contributed by atoms with van der Waals surface area (Å²) in [6.07, 6.45) is 5.12. The number of unbranched alkanes of at least 4 members (excludes halogenated alkanes) is 1. The van der Waals surface area contributed by atoms with Crippen LogP contribution in [-0.4, -0.2) is 29.0 Å². The third-order valence-electron chi connectivity index (χ3n) is 2.53. The standard InChI is InChI=1S/C13H16N4OS.2ClH/c14-6-2-4-8-16-12(18)11-9-17-13(19-11)10-5-1-3-7-15-10;;/h1,3,5,7,9H,2,4,6,8,14H2,(H,16,18);2*1H. The highest BCUT2D eigenvalue weighted by molar-refractivity contribution is 7.16. The summed E-state index contributed by atoms with van der Waals surface area (Å²) < 4.78 is 0. The predicted octanol–water partition coefficient (Wildman–Crippen LogP) is 2.52. The molecule has 2 rings (SSSR count). The number of amides is 1. The number of aromatic nitrogens is 2. The minimum absolute atomic E-state index is 0. The zero-order valence-electron chi connectivity index (χ0n) is 11.3. The molecule has 0 aliphatic rings. The first-order valence-electron chi connectivity index (χ1n) is 6.17. The molecule has 2 heterocycles. The normalized spacial score (nSPS) is 9.38. The lowest BCUT2D eigenvalue weighted by molar-refractivity contribution is 0.0957. The van der Waals surface area contributed by atoms with Gasteiger partial charge in [0, 0.05) is 12.7 Å². The van der Waals surface area contributed by atoms with Crippen molar-refractivity contribution in [2.24, 2.45) is 5.73 Å². The van der Waals surface area contributed by atoms with Crippen LogP contribution in [0.15, 0.2) is 30.6 Å². The van der Waals surface area contributed by atoms with E-state index in [-0.39, 0.29) is 30.7 Å². The first-order chi connectivity index (χ1) is 9.31. The molecule has 2 aromatic heterocycles. The third kappa shape index (κ3) is 5.97. The molecule has 0 bridgehead atoms. The summed E-state index contributed by atoms with van der Waals surface area (Å²) in [7, 11) is 0. The maximum Gasteiger partial charge on any atom is 0.263 e. The Kier molecular flexibility index (Phi) is 9.90. The van der Waals surface area contributed by atoms with Crippen molar-refractivity contribution in [3.63, 3.8) is 0 Å². The summed E-state index contributed by atoms with van der Waals surface area (Å²) in [5, 5.41) is 3.61. The number of hydrogen-bond donors (Lipinski definition) is 2. The second kappa shape index (κ2) is 10.5. The average Bonchev–Trinajstić information content (AvgIpc) is 2.94. The van der Waals surface area contributed by atoms with Crippen LogP contribution < -0.4 is 11.1 Å². The van der Waals surface area contributed by atoms with Crippen molar-refractivity contribution in [3.8, 4) is 10.7 Å². The van der Waals surface area contributed by atoms with Gasteiger partial charge in [-0.2, -0.15) is 0 Å². The summed E-state index contributed by atoms with van der Waals surface area (Å²) in [6.45, 7) is 1.30. The molecule has 0 aliphatic heterocycles. The van der Waals surface area contributed by atoms with Crippen LogP contribution in [0.4, 0.5) is 0 Å². The van der Waals surface area contributed by atoms with Crippen molar-refractivity contribution >= 4 is 42.1 Å². The van der Waals surface area contributed by atoms with Crippen molar-refractivity contribution in [3.05, 3.63) is 35.5 Å². The van der Waals surface area contributed by atoms with Crippen LogP contribution in [0.2, 0.25) is 0 Å². The Morgan fingerprint density at radius 2 is 2.05 bits per heavy atom. The quantitative estimate of drug-likeness (QED) is 0.786. The monoisotopic (exact) mass is 348 g/mol. The van der Waals surface area contributed by atoms with Crippen molar-refractivity contribution in [2.45, 2.75) is 12.8 Å². The van der Waals surface area contributed by atoms with Crippen molar-refractivity contribution in [1.82, 2.24) is 15.3 Å². The zero-order chi connectivity index (χ0) is 13.5. The molecule has 3 N–H and O–H groups in total. The van der Waals surface area contributed by atoms with Crippen molar-refractivity contribution in [2.75, 3.05) is 13.1 Å². The van der Waals surface area contributed by atoms with E-state index in [0.717, 1.165) is 23.5 Å². The number of pyridine rings is 1. The Balaban J connectivity index is 0.00000200. The van der Waals surface area contributed by atoms with Gasteiger partial charge in [-0.15, -0.1) is 36.2 Å². The third-order valence-corrected chi connectivity index (χ3v) is 3.55. The smallest absolute Gasteiger partial charge is 0.263 e. The van der Waals surface area contributed by atoms with E-state index in [1.54, 1.807) is 12.4 Å². The molecular weight excluding hydrogens is 331 g/mol. The molecule has 8 heteroatoms. The Morgan fingerprint density at radius 1 is 1.24 bits per heavy atom. The van der Waals surface area contributed by atoms with E-state index in [4.69, 9.17) is 5.73 Å². The lowest BCUT2D eigenvalue weighted by Gasteiger charge is -2.01. The minimum Gasteiger partial charge on any atom is -0.351 e. The Morgan fingerprint density at radius 3 is 2.71 bits per heavy atom. The van der Waals surface area contributed by atoms with Crippen LogP contribution in [-0.2, 0) is 0 Å².